The lowest BCUT2D eigenvalue weighted by Crippen LogP contribution is -2.55. The molecule has 0 aromatic carbocycles. The highest BCUT2D eigenvalue weighted by Crippen LogP contribution is 2.33. The van der Waals surface area contributed by atoms with Gasteiger partial charge in [0, 0.05) is 26.6 Å². The summed E-state index contributed by atoms with van der Waals surface area (Å²) in [6, 6.07) is 0.0835. The van der Waals surface area contributed by atoms with E-state index in [1.54, 1.807) is 6.07 Å². The van der Waals surface area contributed by atoms with Crippen molar-refractivity contribution in [3.63, 3.8) is 0 Å². The standard InChI is InChI=1S/C11H17N5O8S2/c1-13(6-2-5-12)25(19,20)15(8-17)10-4-3-9-7-14(10)11(18)16(9)24-26(21,22)23/h8-10H,2-4,6-7H2,1H3,(H,21,22,23)/t9-,10+/m1/s1. The first kappa shape index (κ1) is 20.3. The van der Waals surface area contributed by atoms with Crippen molar-refractivity contribution in [1.29, 1.82) is 5.26 Å². The smallest absolute Gasteiger partial charge is 0.299 e. The molecule has 0 aromatic rings. The first-order chi connectivity index (χ1) is 12.0. The fraction of sp³-hybridized carbons (Fsp3) is 0.727. The molecule has 13 nitrogen and oxygen atoms in total. The quantitative estimate of drug-likeness (QED) is 0.369. The van der Waals surface area contributed by atoms with E-state index < -0.39 is 38.8 Å². The predicted octanol–water partition coefficient (Wildman–Crippen LogP) is -1.50. The summed E-state index contributed by atoms with van der Waals surface area (Å²) >= 11 is 0. The summed E-state index contributed by atoms with van der Waals surface area (Å²) in [4.78, 5) is 24.8. The molecule has 1 N–H and O–H groups in total. The molecule has 3 amide bonds. The lowest BCUT2D eigenvalue weighted by Gasteiger charge is -2.37. The number of hydrogen-bond donors (Lipinski definition) is 1. The number of nitrogens with zero attached hydrogens (tertiary/aromatic N) is 5. The number of hydrogen-bond acceptors (Lipinski definition) is 8. The zero-order valence-corrected chi connectivity index (χ0v) is 15.3. The highest BCUT2D eigenvalue weighted by atomic mass is 32.3. The molecular weight excluding hydrogens is 394 g/mol. The van der Waals surface area contributed by atoms with Crippen molar-refractivity contribution >= 4 is 33.0 Å². The lowest BCUT2D eigenvalue weighted by molar-refractivity contribution is -0.117. The lowest BCUT2D eigenvalue weighted by atomic mass is 10.1. The monoisotopic (exact) mass is 411 g/mol. The second-order valence-corrected chi connectivity index (χ2v) is 8.59. The van der Waals surface area contributed by atoms with Crippen molar-refractivity contribution in [2.75, 3.05) is 20.1 Å². The molecule has 26 heavy (non-hydrogen) atoms. The Hall–Kier alpha value is -1.99. The minimum atomic E-state index is -4.94. The minimum absolute atomic E-state index is 0.0474. The minimum Gasteiger partial charge on any atom is -0.299 e. The van der Waals surface area contributed by atoms with Gasteiger partial charge in [-0.05, 0) is 12.8 Å². The van der Waals surface area contributed by atoms with Gasteiger partial charge in [0.15, 0.2) is 0 Å². The highest BCUT2D eigenvalue weighted by Gasteiger charge is 2.51. The van der Waals surface area contributed by atoms with Gasteiger partial charge in [-0.2, -0.15) is 31.5 Å². The Morgan fingerprint density at radius 2 is 2.04 bits per heavy atom. The number of piperidine rings is 1. The first-order valence-corrected chi connectivity index (χ1v) is 10.1. The van der Waals surface area contributed by atoms with Crippen molar-refractivity contribution in [2.24, 2.45) is 0 Å². The van der Waals surface area contributed by atoms with E-state index in [0.29, 0.717) is 9.37 Å². The predicted molar refractivity (Wildman–Crippen MR) is 83.1 cm³/mol. The molecule has 2 saturated heterocycles. The Labute approximate surface area is 150 Å². The summed E-state index contributed by atoms with van der Waals surface area (Å²) in [6.45, 7) is -0.231. The third-order valence-electron chi connectivity index (χ3n) is 4.06. The van der Waals surface area contributed by atoms with Crippen molar-refractivity contribution in [3.8, 4) is 6.07 Å². The summed E-state index contributed by atoms with van der Waals surface area (Å²) < 4.78 is 61.1. The zero-order chi connectivity index (χ0) is 19.7. The Morgan fingerprint density at radius 3 is 2.58 bits per heavy atom. The summed E-state index contributed by atoms with van der Waals surface area (Å²) in [5.41, 5.74) is 0. The molecule has 2 atom stereocenters. The second kappa shape index (κ2) is 7.32. The van der Waals surface area contributed by atoms with E-state index in [4.69, 9.17) is 9.81 Å². The van der Waals surface area contributed by atoms with Gasteiger partial charge in [-0.3, -0.25) is 14.2 Å². The maximum atomic E-state index is 12.6. The van der Waals surface area contributed by atoms with Gasteiger partial charge >= 0.3 is 26.6 Å². The van der Waals surface area contributed by atoms with E-state index in [1.807, 2.05) is 0 Å². The summed E-state index contributed by atoms with van der Waals surface area (Å²) in [5, 5.41) is 9.02. The van der Waals surface area contributed by atoms with Gasteiger partial charge in [-0.15, -0.1) is 4.28 Å². The molecule has 0 aromatic heterocycles. The van der Waals surface area contributed by atoms with Crippen LogP contribution in [0.25, 0.3) is 0 Å². The van der Waals surface area contributed by atoms with Gasteiger partial charge in [0.1, 0.15) is 6.17 Å². The van der Waals surface area contributed by atoms with Crippen LogP contribution in [0.1, 0.15) is 19.3 Å². The number of urea groups is 1. The number of amides is 3. The van der Waals surface area contributed by atoms with Crippen LogP contribution in [0.5, 0.6) is 0 Å². The average Bonchev–Trinajstić information content (AvgIpc) is 2.78. The molecule has 2 aliphatic heterocycles. The molecule has 2 fully saturated rings. The number of rotatable bonds is 8. The van der Waals surface area contributed by atoms with Crippen LogP contribution in [0.4, 0.5) is 4.79 Å². The molecule has 0 radical (unpaired) electrons. The van der Waals surface area contributed by atoms with Crippen LogP contribution in [0, 0.1) is 11.3 Å². The maximum Gasteiger partial charge on any atom is 0.418 e. The van der Waals surface area contributed by atoms with E-state index in [2.05, 4.69) is 4.28 Å². The van der Waals surface area contributed by atoms with Crippen molar-refractivity contribution in [1.82, 2.24) is 18.6 Å². The van der Waals surface area contributed by atoms with E-state index in [0.717, 1.165) is 9.21 Å². The van der Waals surface area contributed by atoms with E-state index in [9.17, 15) is 26.4 Å². The van der Waals surface area contributed by atoms with Crippen molar-refractivity contribution < 1.29 is 35.3 Å². The Bertz CT molecular complexity index is 822. The molecule has 15 heteroatoms. The molecule has 0 unspecified atom stereocenters. The molecule has 146 valence electrons. The van der Waals surface area contributed by atoms with Crippen LogP contribution < -0.4 is 0 Å². The van der Waals surface area contributed by atoms with Gasteiger partial charge in [0.05, 0.1) is 12.1 Å². The summed E-state index contributed by atoms with van der Waals surface area (Å²) in [7, 11) is -8.04. The number of carbonyl (C=O) groups excluding carboxylic acids is 2. The molecule has 2 rings (SSSR count). The van der Waals surface area contributed by atoms with Gasteiger partial charge in [0.2, 0.25) is 6.41 Å². The largest absolute Gasteiger partial charge is 0.418 e. The number of nitriles is 1. The van der Waals surface area contributed by atoms with Crippen LogP contribution in [-0.4, -0.2) is 84.7 Å². The normalized spacial score (nSPS) is 23.2. The van der Waals surface area contributed by atoms with Gasteiger partial charge in [0.25, 0.3) is 0 Å². The zero-order valence-electron chi connectivity index (χ0n) is 13.6. The van der Waals surface area contributed by atoms with Gasteiger partial charge in [-0.25, -0.2) is 9.10 Å². The van der Waals surface area contributed by atoms with Gasteiger partial charge < -0.3 is 0 Å². The summed E-state index contributed by atoms with van der Waals surface area (Å²) in [6.07, 6.45) is -1.02. The summed E-state index contributed by atoms with van der Waals surface area (Å²) in [5.74, 6) is 0. The molecule has 2 heterocycles. The number of fused-ring (bicyclic) bond motifs is 2. The molecule has 2 bridgehead atoms. The maximum absolute atomic E-state index is 12.6. The van der Waals surface area contributed by atoms with Crippen LogP contribution in [-0.2, 0) is 29.7 Å². The molecule has 0 spiro atoms. The van der Waals surface area contributed by atoms with Crippen LogP contribution in [0.2, 0.25) is 0 Å². The Morgan fingerprint density at radius 1 is 1.38 bits per heavy atom. The first-order valence-electron chi connectivity index (χ1n) is 7.37. The number of carbonyl (C=O) groups is 2. The van der Waals surface area contributed by atoms with Crippen molar-refractivity contribution in [3.05, 3.63) is 0 Å². The van der Waals surface area contributed by atoms with E-state index >= 15 is 0 Å². The van der Waals surface area contributed by atoms with E-state index in [-0.39, 0.29) is 38.8 Å². The average molecular weight is 411 g/mol. The van der Waals surface area contributed by atoms with Crippen LogP contribution in [0.15, 0.2) is 0 Å². The fourth-order valence-electron chi connectivity index (χ4n) is 2.84. The highest BCUT2D eigenvalue weighted by molar-refractivity contribution is 7.87. The Balaban J connectivity index is 2.25. The number of hydroxylamine groups is 2. The second-order valence-electron chi connectivity index (χ2n) is 5.65. The van der Waals surface area contributed by atoms with Crippen molar-refractivity contribution in [2.45, 2.75) is 31.5 Å². The molecule has 0 aliphatic carbocycles. The van der Waals surface area contributed by atoms with Crippen LogP contribution in [0.3, 0.4) is 0 Å². The van der Waals surface area contributed by atoms with E-state index in [1.165, 1.54) is 7.05 Å². The third kappa shape index (κ3) is 3.88. The molecule has 2 aliphatic rings. The topological polar surface area (TPSA) is 169 Å². The Kier molecular flexibility index (Phi) is 5.73. The van der Waals surface area contributed by atoms with Gasteiger partial charge in [-0.1, -0.05) is 0 Å². The SMILES string of the molecule is CN(CCC#N)S(=O)(=O)N(C=O)[C@H]1CC[C@@H]2CN1C(=O)N2OS(=O)(=O)O. The molecular formula is C11H17N5O8S2. The third-order valence-corrected chi connectivity index (χ3v) is 6.24. The fourth-order valence-corrected chi connectivity index (χ4v) is 4.51. The van der Waals surface area contributed by atoms with Crippen LogP contribution >= 0.6 is 0 Å². The molecule has 0 saturated carbocycles.